The summed E-state index contributed by atoms with van der Waals surface area (Å²) in [5.41, 5.74) is 0.738. The van der Waals surface area contributed by atoms with Crippen molar-refractivity contribution in [1.82, 2.24) is 20.1 Å². The summed E-state index contributed by atoms with van der Waals surface area (Å²) in [7, 11) is 3.61. The maximum atomic E-state index is 14.1. The lowest BCUT2D eigenvalue weighted by Crippen LogP contribution is -2.49. The summed E-state index contributed by atoms with van der Waals surface area (Å²) >= 11 is 0. The summed E-state index contributed by atoms with van der Waals surface area (Å²) in [4.78, 5) is 20.8. The van der Waals surface area contributed by atoms with Gasteiger partial charge in [-0.3, -0.25) is 9.69 Å². The Morgan fingerprint density at radius 2 is 1.86 bits per heavy atom. The van der Waals surface area contributed by atoms with Gasteiger partial charge in [0.1, 0.15) is 17.3 Å². The highest BCUT2D eigenvalue weighted by molar-refractivity contribution is 6.07. The lowest BCUT2D eigenvalue weighted by molar-refractivity contribution is -0.138. The highest BCUT2D eigenvalue weighted by atomic mass is 19.4. The smallest absolute Gasteiger partial charge is 0.416 e. The number of carbonyl (C=O) groups is 1. The van der Waals surface area contributed by atoms with Crippen molar-refractivity contribution in [2.75, 3.05) is 39.0 Å². The molecule has 43 heavy (non-hydrogen) atoms. The minimum Gasteiger partial charge on any atom is -0.457 e. The summed E-state index contributed by atoms with van der Waals surface area (Å²) in [5, 5.41) is 7.30. The first-order valence-electron chi connectivity index (χ1n) is 14.0. The SMILES string of the molecule is C=C(Nc1cc(Oc2ccc3c(C(=O)NC)cccc3c2)ccn1)c1ccc(CN2CCN(C)CC2C)c(C(F)(F)F)c1. The van der Waals surface area contributed by atoms with Crippen molar-refractivity contribution in [3.05, 3.63) is 102 Å². The van der Waals surface area contributed by atoms with E-state index in [1.165, 1.54) is 12.3 Å². The number of nitrogens with zero attached hydrogens (tertiary/aromatic N) is 3. The number of halogens is 3. The van der Waals surface area contributed by atoms with Crippen molar-refractivity contribution in [2.24, 2.45) is 0 Å². The van der Waals surface area contributed by atoms with E-state index >= 15 is 0 Å². The molecule has 4 aromatic rings. The molecule has 1 unspecified atom stereocenters. The molecular weight excluding hydrogens is 555 g/mol. The van der Waals surface area contributed by atoms with E-state index < -0.39 is 11.7 Å². The molecule has 0 bridgehead atoms. The van der Waals surface area contributed by atoms with Gasteiger partial charge < -0.3 is 20.3 Å². The molecule has 1 aliphatic rings. The lowest BCUT2D eigenvalue weighted by Gasteiger charge is -2.38. The van der Waals surface area contributed by atoms with Gasteiger partial charge >= 0.3 is 6.18 Å². The Kier molecular flexibility index (Phi) is 8.70. The second-order valence-corrected chi connectivity index (χ2v) is 10.8. The number of nitrogens with one attached hydrogen (secondary N) is 2. The van der Waals surface area contributed by atoms with E-state index in [4.69, 9.17) is 4.74 Å². The van der Waals surface area contributed by atoms with E-state index in [2.05, 4.69) is 32.0 Å². The van der Waals surface area contributed by atoms with Crippen molar-refractivity contribution in [3.8, 4) is 11.5 Å². The fourth-order valence-electron chi connectivity index (χ4n) is 5.36. The maximum Gasteiger partial charge on any atom is 0.416 e. The number of carbonyl (C=O) groups excluding carboxylic acids is 1. The molecule has 224 valence electrons. The Morgan fingerprint density at radius 3 is 2.60 bits per heavy atom. The Balaban J connectivity index is 1.31. The molecule has 0 spiro atoms. The van der Waals surface area contributed by atoms with E-state index in [-0.39, 0.29) is 29.8 Å². The van der Waals surface area contributed by atoms with E-state index in [0.29, 0.717) is 35.0 Å². The highest BCUT2D eigenvalue weighted by Crippen LogP contribution is 2.35. The average molecular weight is 590 g/mol. The van der Waals surface area contributed by atoms with Crippen LogP contribution in [0, 0.1) is 0 Å². The Labute approximate surface area is 249 Å². The minimum absolute atomic E-state index is 0.159. The number of likely N-dealkylation sites (N-methyl/N-ethyl adjacent to an activating group) is 1. The van der Waals surface area contributed by atoms with Gasteiger partial charge in [0.15, 0.2) is 0 Å². The topological polar surface area (TPSA) is 69.7 Å². The molecule has 1 atom stereocenters. The number of ether oxygens (including phenoxy) is 1. The van der Waals surface area contributed by atoms with Crippen LogP contribution >= 0.6 is 0 Å². The third kappa shape index (κ3) is 6.98. The van der Waals surface area contributed by atoms with Gasteiger partial charge in [-0.05, 0) is 72.3 Å². The van der Waals surface area contributed by atoms with Crippen molar-refractivity contribution in [1.29, 1.82) is 0 Å². The second-order valence-electron chi connectivity index (χ2n) is 10.8. The van der Waals surface area contributed by atoms with E-state index in [0.717, 1.165) is 29.9 Å². The number of amides is 1. The number of hydrogen-bond acceptors (Lipinski definition) is 6. The number of pyridine rings is 1. The molecule has 1 aromatic heterocycles. The molecule has 0 radical (unpaired) electrons. The number of piperazine rings is 1. The minimum atomic E-state index is -4.51. The van der Waals surface area contributed by atoms with Gasteiger partial charge in [-0.25, -0.2) is 4.98 Å². The third-order valence-corrected chi connectivity index (χ3v) is 7.67. The van der Waals surface area contributed by atoms with Crippen molar-refractivity contribution in [3.63, 3.8) is 0 Å². The van der Waals surface area contributed by atoms with Crippen LogP contribution in [0.15, 0.2) is 79.5 Å². The standard InChI is InChI=1S/C33H34F3N5O2/c1-21-19-40(4)14-15-41(21)20-25-9-8-23(17-30(25)33(34,35)36)22(2)39-31-18-27(12-13-38-31)43-26-10-11-28-24(16-26)6-5-7-29(28)32(42)37-3/h5-13,16-18,21H,2,14-15,19-20H2,1,3-4H3,(H,37,42)(H,38,39). The normalized spacial score (nSPS) is 16.2. The van der Waals surface area contributed by atoms with Gasteiger partial charge in [0.2, 0.25) is 0 Å². The Hall–Kier alpha value is -4.41. The molecule has 3 aromatic carbocycles. The molecule has 7 nitrogen and oxygen atoms in total. The zero-order chi connectivity index (χ0) is 30.7. The second kappa shape index (κ2) is 12.4. The molecule has 2 N–H and O–H groups in total. The third-order valence-electron chi connectivity index (χ3n) is 7.67. The molecule has 10 heteroatoms. The zero-order valence-electron chi connectivity index (χ0n) is 24.3. The van der Waals surface area contributed by atoms with Crippen LogP contribution in [0.1, 0.15) is 34.0 Å². The molecule has 5 rings (SSSR count). The molecule has 0 aliphatic carbocycles. The van der Waals surface area contributed by atoms with Crippen LogP contribution in [0.5, 0.6) is 11.5 Å². The number of fused-ring (bicyclic) bond motifs is 1. The summed E-state index contributed by atoms with van der Waals surface area (Å²) in [5.74, 6) is 1.22. The maximum absolute atomic E-state index is 14.1. The summed E-state index contributed by atoms with van der Waals surface area (Å²) in [6, 6.07) is 18.7. The largest absolute Gasteiger partial charge is 0.457 e. The summed E-state index contributed by atoms with van der Waals surface area (Å²) in [6.07, 6.45) is -2.97. The average Bonchev–Trinajstić information content (AvgIpc) is 2.97. The number of anilines is 1. The molecule has 0 saturated carbocycles. The van der Waals surface area contributed by atoms with E-state index in [1.807, 2.05) is 32.2 Å². The summed E-state index contributed by atoms with van der Waals surface area (Å²) in [6.45, 7) is 8.59. The Morgan fingerprint density at radius 1 is 1.07 bits per heavy atom. The predicted molar refractivity (Wildman–Crippen MR) is 163 cm³/mol. The van der Waals surface area contributed by atoms with Gasteiger partial charge in [-0.2, -0.15) is 13.2 Å². The zero-order valence-corrected chi connectivity index (χ0v) is 24.3. The van der Waals surface area contributed by atoms with Crippen LogP contribution in [-0.2, 0) is 12.7 Å². The van der Waals surface area contributed by atoms with Crippen molar-refractivity contribution < 1.29 is 22.7 Å². The first-order chi connectivity index (χ1) is 20.5. The van der Waals surface area contributed by atoms with Crippen LogP contribution < -0.4 is 15.4 Å². The van der Waals surface area contributed by atoms with Crippen molar-refractivity contribution in [2.45, 2.75) is 25.7 Å². The summed E-state index contributed by atoms with van der Waals surface area (Å²) < 4.78 is 48.5. The number of aromatic nitrogens is 1. The van der Waals surface area contributed by atoms with Gasteiger partial charge in [-0.15, -0.1) is 0 Å². The number of alkyl halides is 3. The molecule has 1 fully saturated rings. The van der Waals surface area contributed by atoms with Crippen LogP contribution in [0.2, 0.25) is 0 Å². The van der Waals surface area contributed by atoms with Gasteiger partial charge in [0, 0.05) is 62.8 Å². The number of rotatable bonds is 8. The predicted octanol–water partition coefficient (Wildman–Crippen LogP) is 6.62. The molecule has 1 aliphatic heterocycles. The first kappa shape index (κ1) is 30.1. The van der Waals surface area contributed by atoms with E-state index in [9.17, 15) is 18.0 Å². The van der Waals surface area contributed by atoms with Gasteiger partial charge in [0.25, 0.3) is 5.91 Å². The quantitative estimate of drug-likeness (QED) is 0.241. The van der Waals surface area contributed by atoms with Gasteiger partial charge in [0.05, 0.1) is 5.56 Å². The van der Waals surface area contributed by atoms with E-state index in [1.54, 1.807) is 43.4 Å². The van der Waals surface area contributed by atoms with Crippen LogP contribution in [0.25, 0.3) is 16.5 Å². The lowest BCUT2D eigenvalue weighted by atomic mass is 10.0. The number of hydrogen-bond donors (Lipinski definition) is 2. The molecule has 2 heterocycles. The molecule has 1 amide bonds. The fraction of sp³-hybridized carbons (Fsp3) is 0.273. The van der Waals surface area contributed by atoms with Gasteiger partial charge in [-0.1, -0.05) is 30.8 Å². The monoisotopic (exact) mass is 589 g/mol. The molecule has 1 saturated heterocycles. The van der Waals surface area contributed by atoms with Crippen LogP contribution in [-0.4, -0.2) is 60.5 Å². The number of benzene rings is 3. The first-order valence-corrected chi connectivity index (χ1v) is 14.0. The fourth-order valence-corrected chi connectivity index (χ4v) is 5.36. The Bertz CT molecular complexity index is 1660. The van der Waals surface area contributed by atoms with Crippen LogP contribution in [0.4, 0.5) is 19.0 Å². The van der Waals surface area contributed by atoms with Crippen molar-refractivity contribution >= 4 is 28.2 Å². The molecular formula is C33H34F3N5O2. The highest BCUT2D eigenvalue weighted by Gasteiger charge is 2.35. The van der Waals surface area contributed by atoms with Crippen LogP contribution in [0.3, 0.4) is 0 Å².